The fraction of sp³-hybridized carbons (Fsp3) is 0.444. The standard InChI is InChI=1S/C18H23ClN4O2S/c1-12-4-7-20-18(13(12)2)15-10-17(21-11-16(15)19)23-8-5-14(6-9-23)22-26(3,24)25/h4,7,10-11,14,22H,5-6,8-9H2,1-3H3. The van der Waals surface area contributed by atoms with Crippen molar-refractivity contribution >= 4 is 27.4 Å². The van der Waals surface area contributed by atoms with Crippen LogP contribution in [0.5, 0.6) is 0 Å². The molecule has 0 saturated carbocycles. The Labute approximate surface area is 159 Å². The number of sulfonamides is 1. The molecule has 0 radical (unpaired) electrons. The van der Waals surface area contributed by atoms with Crippen LogP contribution in [-0.4, -0.2) is 43.8 Å². The van der Waals surface area contributed by atoms with Gasteiger partial charge in [-0.3, -0.25) is 4.98 Å². The highest BCUT2D eigenvalue weighted by molar-refractivity contribution is 7.88. The van der Waals surface area contributed by atoms with Gasteiger partial charge in [0.2, 0.25) is 10.0 Å². The van der Waals surface area contributed by atoms with Gasteiger partial charge in [0, 0.05) is 37.1 Å². The van der Waals surface area contributed by atoms with Crippen molar-refractivity contribution in [2.24, 2.45) is 0 Å². The van der Waals surface area contributed by atoms with E-state index in [4.69, 9.17) is 11.6 Å². The summed E-state index contributed by atoms with van der Waals surface area (Å²) in [7, 11) is -3.17. The predicted octanol–water partition coefficient (Wildman–Crippen LogP) is 2.93. The first kappa shape index (κ1) is 19.1. The van der Waals surface area contributed by atoms with Gasteiger partial charge in [-0.1, -0.05) is 11.6 Å². The van der Waals surface area contributed by atoms with Crippen molar-refractivity contribution < 1.29 is 8.42 Å². The van der Waals surface area contributed by atoms with E-state index in [1.54, 1.807) is 12.4 Å². The molecule has 0 amide bonds. The maximum Gasteiger partial charge on any atom is 0.208 e. The summed E-state index contributed by atoms with van der Waals surface area (Å²) in [5.74, 6) is 0.838. The first-order valence-electron chi connectivity index (χ1n) is 8.55. The Hall–Kier alpha value is -1.70. The maximum absolute atomic E-state index is 11.4. The quantitative estimate of drug-likeness (QED) is 0.862. The van der Waals surface area contributed by atoms with Crippen LogP contribution in [0.2, 0.25) is 5.02 Å². The molecule has 0 atom stereocenters. The van der Waals surface area contributed by atoms with Crippen LogP contribution in [0.3, 0.4) is 0 Å². The molecule has 3 rings (SSSR count). The third-order valence-corrected chi connectivity index (χ3v) is 5.83. The normalized spacial score (nSPS) is 16.1. The Morgan fingerprint density at radius 3 is 2.58 bits per heavy atom. The fourth-order valence-corrected chi connectivity index (χ4v) is 4.25. The van der Waals surface area contributed by atoms with E-state index in [9.17, 15) is 8.42 Å². The van der Waals surface area contributed by atoms with Crippen LogP contribution in [0.4, 0.5) is 5.82 Å². The lowest BCUT2D eigenvalue weighted by Gasteiger charge is -2.33. The van der Waals surface area contributed by atoms with Crippen molar-refractivity contribution in [2.75, 3.05) is 24.2 Å². The highest BCUT2D eigenvalue weighted by Crippen LogP contribution is 2.32. The Kier molecular flexibility index (Phi) is 5.50. The van der Waals surface area contributed by atoms with Gasteiger partial charge in [-0.05, 0) is 49.9 Å². The van der Waals surface area contributed by atoms with Gasteiger partial charge in [0.1, 0.15) is 5.82 Å². The highest BCUT2D eigenvalue weighted by atomic mass is 35.5. The molecule has 0 unspecified atom stereocenters. The summed E-state index contributed by atoms with van der Waals surface area (Å²) in [4.78, 5) is 11.1. The smallest absolute Gasteiger partial charge is 0.208 e. The minimum Gasteiger partial charge on any atom is -0.356 e. The molecule has 0 spiro atoms. The Balaban J connectivity index is 1.82. The van der Waals surface area contributed by atoms with Gasteiger partial charge in [-0.25, -0.2) is 18.1 Å². The number of nitrogens with zero attached hydrogens (tertiary/aromatic N) is 3. The molecule has 1 N–H and O–H groups in total. The molecule has 1 aliphatic heterocycles. The third-order valence-electron chi connectivity index (χ3n) is 4.77. The van der Waals surface area contributed by atoms with Gasteiger partial charge in [0.25, 0.3) is 0 Å². The van der Waals surface area contributed by atoms with E-state index in [1.807, 2.05) is 19.1 Å². The van der Waals surface area contributed by atoms with Crippen LogP contribution in [0.15, 0.2) is 24.5 Å². The highest BCUT2D eigenvalue weighted by Gasteiger charge is 2.23. The average Bonchev–Trinajstić information content (AvgIpc) is 2.57. The minimum atomic E-state index is -3.17. The van der Waals surface area contributed by atoms with Crippen LogP contribution in [0.1, 0.15) is 24.0 Å². The molecule has 0 aromatic carbocycles. The Morgan fingerprint density at radius 2 is 1.92 bits per heavy atom. The number of nitrogens with one attached hydrogen (secondary N) is 1. The van der Waals surface area contributed by atoms with Crippen molar-refractivity contribution in [2.45, 2.75) is 32.7 Å². The fourth-order valence-electron chi connectivity index (χ4n) is 3.21. The molecule has 140 valence electrons. The van der Waals surface area contributed by atoms with E-state index in [-0.39, 0.29) is 6.04 Å². The van der Waals surface area contributed by atoms with Gasteiger partial charge in [-0.15, -0.1) is 0 Å². The summed E-state index contributed by atoms with van der Waals surface area (Å²) in [6.45, 7) is 5.56. The second kappa shape index (κ2) is 7.50. The van der Waals surface area contributed by atoms with E-state index in [0.717, 1.165) is 54.1 Å². The number of halogens is 1. The van der Waals surface area contributed by atoms with E-state index >= 15 is 0 Å². The molecule has 1 fully saturated rings. The first-order valence-corrected chi connectivity index (χ1v) is 10.8. The number of piperidine rings is 1. The van der Waals surface area contributed by atoms with Crippen molar-refractivity contribution in [3.05, 3.63) is 40.7 Å². The number of hydrogen-bond donors (Lipinski definition) is 1. The van der Waals surface area contributed by atoms with Gasteiger partial charge in [0.15, 0.2) is 0 Å². The minimum absolute atomic E-state index is 0.0197. The van der Waals surface area contributed by atoms with Crippen molar-refractivity contribution in [1.29, 1.82) is 0 Å². The lowest BCUT2D eigenvalue weighted by atomic mass is 10.0. The number of hydrogen-bond acceptors (Lipinski definition) is 5. The topological polar surface area (TPSA) is 75.2 Å². The lowest BCUT2D eigenvalue weighted by Crippen LogP contribution is -2.44. The summed E-state index contributed by atoms with van der Waals surface area (Å²) in [5.41, 5.74) is 4.00. The molecule has 2 aromatic heterocycles. The SMILES string of the molecule is Cc1ccnc(-c2cc(N3CCC(NS(C)(=O)=O)CC3)ncc2Cl)c1C. The van der Waals surface area contributed by atoms with Crippen molar-refractivity contribution in [1.82, 2.24) is 14.7 Å². The summed E-state index contributed by atoms with van der Waals surface area (Å²) < 4.78 is 25.5. The van der Waals surface area contributed by atoms with E-state index in [0.29, 0.717) is 5.02 Å². The van der Waals surface area contributed by atoms with E-state index < -0.39 is 10.0 Å². The van der Waals surface area contributed by atoms with Gasteiger partial charge in [0.05, 0.1) is 17.0 Å². The monoisotopic (exact) mass is 394 g/mol. The Morgan fingerprint density at radius 1 is 1.23 bits per heavy atom. The zero-order valence-corrected chi connectivity index (χ0v) is 16.7. The van der Waals surface area contributed by atoms with Gasteiger partial charge in [-0.2, -0.15) is 0 Å². The van der Waals surface area contributed by atoms with E-state index in [2.05, 4.69) is 26.5 Å². The van der Waals surface area contributed by atoms with Crippen LogP contribution in [0, 0.1) is 13.8 Å². The molecule has 26 heavy (non-hydrogen) atoms. The molecule has 1 aliphatic rings. The number of anilines is 1. The molecule has 0 bridgehead atoms. The number of aromatic nitrogens is 2. The van der Waals surface area contributed by atoms with Crippen molar-refractivity contribution in [3.63, 3.8) is 0 Å². The van der Waals surface area contributed by atoms with Gasteiger partial charge >= 0.3 is 0 Å². The van der Waals surface area contributed by atoms with Crippen LogP contribution in [0.25, 0.3) is 11.3 Å². The second-order valence-electron chi connectivity index (χ2n) is 6.78. The number of aryl methyl sites for hydroxylation is 1. The van der Waals surface area contributed by atoms with Crippen molar-refractivity contribution in [3.8, 4) is 11.3 Å². The first-order chi connectivity index (χ1) is 12.2. The molecular weight excluding hydrogens is 372 g/mol. The molecule has 2 aromatic rings. The number of rotatable bonds is 4. The largest absolute Gasteiger partial charge is 0.356 e. The van der Waals surface area contributed by atoms with Crippen LogP contribution < -0.4 is 9.62 Å². The third kappa shape index (κ3) is 4.34. The van der Waals surface area contributed by atoms with Gasteiger partial charge < -0.3 is 4.90 Å². The molecule has 0 aliphatic carbocycles. The summed E-state index contributed by atoms with van der Waals surface area (Å²) in [6, 6.07) is 3.93. The summed E-state index contributed by atoms with van der Waals surface area (Å²) >= 11 is 6.39. The molecule has 1 saturated heterocycles. The number of pyridine rings is 2. The second-order valence-corrected chi connectivity index (χ2v) is 8.96. The lowest BCUT2D eigenvalue weighted by molar-refractivity contribution is 0.460. The van der Waals surface area contributed by atoms with E-state index in [1.165, 1.54) is 6.26 Å². The zero-order valence-electron chi connectivity index (χ0n) is 15.2. The van der Waals surface area contributed by atoms with Crippen LogP contribution >= 0.6 is 11.6 Å². The Bertz CT molecular complexity index is 909. The summed E-state index contributed by atoms with van der Waals surface area (Å²) in [6.07, 6.45) is 6.14. The summed E-state index contributed by atoms with van der Waals surface area (Å²) in [5, 5.41) is 0.573. The molecular formula is C18H23ClN4O2S. The zero-order chi connectivity index (χ0) is 18.9. The van der Waals surface area contributed by atoms with Crippen LogP contribution in [-0.2, 0) is 10.0 Å². The maximum atomic E-state index is 11.4. The average molecular weight is 395 g/mol. The molecule has 6 nitrogen and oxygen atoms in total. The molecule has 3 heterocycles. The molecule has 8 heteroatoms. The predicted molar refractivity (Wildman–Crippen MR) is 105 cm³/mol.